The first-order valence-corrected chi connectivity index (χ1v) is 15.4. The van der Waals surface area contributed by atoms with E-state index in [0.29, 0.717) is 55.6 Å². The Kier molecular flexibility index (Phi) is 8.99. The van der Waals surface area contributed by atoms with Gasteiger partial charge in [-0.1, -0.05) is 24.5 Å². The van der Waals surface area contributed by atoms with Gasteiger partial charge in [-0.25, -0.2) is 9.07 Å². The molecule has 2 saturated heterocycles. The van der Waals surface area contributed by atoms with E-state index in [1.165, 1.54) is 36.1 Å². The lowest BCUT2D eigenvalue weighted by atomic mass is 9.83. The highest BCUT2D eigenvalue weighted by molar-refractivity contribution is 5.96. The summed E-state index contributed by atoms with van der Waals surface area (Å²) in [4.78, 5) is 30.5. The number of carbonyl (C=O) groups is 2. The van der Waals surface area contributed by atoms with Gasteiger partial charge in [0.2, 0.25) is 0 Å². The van der Waals surface area contributed by atoms with Crippen LogP contribution in [0.25, 0.3) is 5.69 Å². The van der Waals surface area contributed by atoms with Crippen LogP contribution in [0.3, 0.4) is 0 Å². The van der Waals surface area contributed by atoms with Crippen LogP contribution in [0.1, 0.15) is 76.4 Å². The Morgan fingerprint density at radius 3 is 2.42 bits per heavy atom. The largest absolute Gasteiger partial charge is 0.489 e. The molecule has 1 aromatic heterocycles. The minimum absolute atomic E-state index is 0.0326. The fraction of sp³-hybridized carbons (Fsp3) is 0.500. The smallest absolute Gasteiger partial charge is 0.254 e. The number of nitrogens with one attached hydrogen (secondary N) is 2. The van der Waals surface area contributed by atoms with Gasteiger partial charge in [0.15, 0.2) is 0 Å². The van der Waals surface area contributed by atoms with Crippen LogP contribution in [0.4, 0.5) is 4.39 Å². The zero-order valence-corrected chi connectivity index (χ0v) is 24.7. The second-order valence-corrected chi connectivity index (χ2v) is 11.8. The van der Waals surface area contributed by atoms with Crippen molar-refractivity contribution in [3.8, 4) is 11.4 Å². The Hall–Kier alpha value is -3.83. The fourth-order valence-corrected chi connectivity index (χ4v) is 6.42. The molecule has 2 amide bonds. The van der Waals surface area contributed by atoms with Crippen LogP contribution in [0.15, 0.2) is 42.6 Å². The van der Waals surface area contributed by atoms with Gasteiger partial charge in [-0.05, 0) is 80.7 Å². The first kappa shape index (κ1) is 29.3. The maximum absolute atomic E-state index is 14.6. The second-order valence-electron chi connectivity index (χ2n) is 11.8. The van der Waals surface area contributed by atoms with Gasteiger partial charge in [-0.3, -0.25) is 9.59 Å². The Morgan fingerprint density at radius 2 is 1.72 bits per heavy atom. The first-order chi connectivity index (χ1) is 21.0. The van der Waals surface area contributed by atoms with Crippen molar-refractivity contribution in [3.05, 3.63) is 70.8 Å². The van der Waals surface area contributed by atoms with Crippen LogP contribution in [-0.2, 0) is 6.54 Å². The van der Waals surface area contributed by atoms with Crippen molar-refractivity contribution in [1.29, 1.82) is 0 Å². The summed E-state index contributed by atoms with van der Waals surface area (Å²) < 4.78 is 22.4. The molecule has 1 atom stereocenters. The van der Waals surface area contributed by atoms with Gasteiger partial charge in [-0.2, -0.15) is 0 Å². The summed E-state index contributed by atoms with van der Waals surface area (Å²) in [5.41, 5.74) is 3.19. The van der Waals surface area contributed by atoms with E-state index < -0.39 is 5.82 Å². The van der Waals surface area contributed by atoms with Crippen molar-refractivity contribution in [3.63, 3.8) is 0 Å². The first-order valence-electron chi connectivity index (χ1n) is 15.4. The quantitative estimate of drug-likeness (QED) is 0.415. The maximum atomic E-state index is 14.6. The Bertz CT molecular complexity index is 1440. The molecule has 43 heavy (non-hydrogen) atoms. The number of ether oxygens (including phenoxy) is 1. The number of piperazine rings is 1. The minimum Gasteiger partial charge on any atom is -0.489 e. The van der Waals surface area contributed by atoms with Crippen LogP contribution >= 0.6 is 0 Å². The average molecular weight is 590 g/mol. The third-order valence-corrected chi connectivity index (χ3v) is 8.76. The number of aromatic nitrogens is 3. The van der Waals surface area contributed by atoms with E-state index in [9.17, 15) is 14.0 Å². The van der Waals surface area contributed by atoms with Crippen molar-refractivity contribution in [2.45, 2.75) is 57.1 Å². The summed E-state index contributed by atoms with van der Waals surface area (Å²) in [5.74, 6) is 0.488. The van der Waals surface area contributed by atoms with Gasteiger partial charge in [0.25, 0.3) is 11.8 Å². The lowest BCUT2D eigenvalue weighted by Crippen LogP contribution is -2.50. The highest BCUT2D eigenvalue weighted by Crippen LogP contribution is 2.39. The molecule has 1 aliphatic carbocycles. The lowest BCUT2D eigenvalue weighted by molar-refractivity contribution is 0.0535. The molecule has 6 rings (SSSR count). The zero-order valence-electron chi connectivity index (χ0n) is 24.7. The van der Waals surface area contributed by atoms with Crippen LogP contribution in [0.5, 0.6) is 5.75 Å². The van der Waals surface area contributed by atoms with Crippen LogP contribution in [0, 0.1) is 5.82 Å². The van der Waals surface area contributed by atoms with Gasteiger partial charge < -0.3 is 25.2 Å². The molecule has 3 fully saturated rings. The molecule has 0 spiro atoms. The van der Waals surface area contributed by atoms with E-state index in [0.717, 1.165) is 43.7 Å². The summed E-state index contributed by atoms with van der Waals surface area (Å²) in [5, 5.41) is 14.5. The van der Waals surface area contributed by atoms with Gasteiger partial charge in [0.05, 0.1) is 17.6 Å². The highest BCUT2D eigenvalue weighted by Gasteiger charge is 2.28. The monoisotopic (exact) mass is 589 g/mol. The van der Waals surface area contributed by atoms with Crippen LogP contribution in [0.2, 0.25) is 0 Å². The van der Waals surface area contributed by atoms with Crippen LogP contribution in [-0.4, -0.2) is 89.0 Å². The van der Waals surface area contributed by atoms with Crippen LogP contribution < -0.4 is 15.4 Å². The standard InChI is InChI=1S/C32H40FN7O3/c1-34-19-26-21-40(37-36-26)27-16-24(15-25(33)18-27)32(42)39-13-11-38(12-14-39)31(41)23-7-8-30(43-28-9-10-35-20-28)29(17-23)22-5-3-2-4-6-22/h7-8,15-18,21-22,28,34-35H,2-6,9-14,19-20H2,1H3/t28-/m0/s1. The van der Waals surface area contributed by atoms with E-state index in [-0.39, 0.29) is 23.5 Å². The molecular formula is C32H40FN7O3. The molecule has 3 aromatic rings. The Morgan fingerprint density at radius 1 is 0.977 bits per heavy atom. The number of hydrogen-bond donors (Lipinski definition) is 2. The molecule has 0 unspecified atom stereocenters. The van der Waals surface area contributed by atoms with E-state index in [2.05, 4.69) is 20.9 Å². The van der Waals surface area contributed by atoms with Crippen molar-refractivity contribution >= 4 is 11.8 Å². The molecular weight excluding hydrogens is 549 g/mol. The highest BCUT2D eigenvalue weighted by atomic mass is 19.1. The normalized spacial score (nSPS) is 19.5. The molecule has 11 heteroatoms. The molecule has 2 aromatic carbocycles. The molecule has 228 valence electrons. The van der Waals surface area contributed by atoms with Crippen molar-refractivity contribution in [2.75, 3.05) is 46.3 Å². The minimum atomic E-state index is -0.522. The Labute approximate surface area is 251 Å². The number of rotatable bonds is 8. The SMILES string of the molecule is CNCc1cn(-c2cc(F)cc(C(=O)N3CCN(C(=O)c4ccc(O[C@H]5CCNC5)c(C5CCCCC5)c4)CC3)c2)nn1. The molecule has 2 aliphatic heterocycles. The van der Waals surface area contributed by atoms with Gasteiger partial charge in [0, 0.05) is 50.4 Å². The maximum Gasteiger partial charge on any atom is 0.254 e. The van der Waals surface area contributed by atoms with Crippen molar-refractivity contribution in [1.82, 2.24) is 35.4 Å². The fourth-order valence-electron chi connectivity index (χ4n) is 6.42. The molecule has 0 radical (unpaired) electrons. The van der Waals surface area contributed by atoms with Crippen molar-refractivity contribution in [2.24, 2.45) is 0 Å². The summed E-state index contributed by atoms with van der Waals surface area (Å²) >= 11 is 0. The summed E-state index contributed by atoms with van der Waals surface area (Å²) in [7, 11) is 1.81. The summed E-state index contributed by atoms with van der Waals surface area (Å²) in [6.45, 7) is 3.91. The average Bonchev–Trinajstić information content (AvgIpc) is 3.74. The third kappa shape index (κ3) is 6.73. The van der Waals surface area contributed by atoms with Gasteiger partial charge in [0.1, 0.15) is 17.7 Å². The molecule has 0 bridgehead atoms. The number of amides is 2. The van der Waals surface area contributed by atoms with Crippen molar-refractivity contribution < 1.29 is 18.7 Å². The van der Waals surface area contributed by atoms with Gasteiger partial charge >= 0.3 is 0 Å². The predicted molar refractivity (Wildman–Crippen MR) is 160 cm³/mol. The topological polar surface area (TPSA) is 105 Å². The molecule has 1 saturated carbocycles. The molecule has 3 heterocycles. The molecule has 10 nitrogen and oxygen atoms in total. The zero-order chi connectivity index (χ0) is 29.8. The second kappa shape index (κ2) is 13.2. The van der Waals surface area contributed by atoms with Gasteiger partial charge in [-0.15, -0.1) is 5.10 Å². The Balaban J connectivity index is 1.12. The van der Waals surface area contributed by atoms with E-state index >= 15 is 0 Å². The number of halogens is 1. The number of carbonyl (C=O) groups excluding carboxylic acids is 2. The molecule has 2 N–H and O–H groups in total. The number of hydrogen-bond acceptors (Lipinski definition) is 7. The summed E-state index contributed by atoms with van der Waals surface area (Å²) in [6.07, 6.45) is 8.75. The molecule has 3 aliphatic rings. The lowest BCUT2D eigenvalue weighted by Gasteiger charge is -2.35. The summed E-state index contributed by atoms with van der Waals surface area (Å²) in [6, 6.07) is 10.1. The van der Waals surface area contributed by atoms with E-state index in [1.807, 2.05) is 18.2 Å². The third-order valence-electron chi connectivity index (χ3n) is 8.76. The number of benzene rings is 2. The predicted octanol–water partition coefficient (Wildman–Crippen LogP) is 3.51. The van der Waals surface area contributed by atoms with E-state index in [4.69, 9.17) is 4.74 Å². The van der Waals surface area contributed by atoms with E-state index in [1.54, 1.807) is 29.1 Å². The number of nitrogens with zero attached hydrogens (tertiary/aromatic N) is 5.